The largest absolute Gasteiger partial charge is 0.331 e. The molecule has 0 aliphatic carbocycles. The Bertz CT molecular complexity index is 355. The molecule has 2 aliphatic heterocycles. The Hall–Kier alpha value is -1.43. The Morgan fingerprint density at radius 1 is 1.31 bits per heavy atom. The molecule has 4 amide bonds. The van der Waals surface area contributed by atoms with Crippen molar-refractivity contribution in [1.82, 2.24) is 15.1 Å². The van der Waals surface area contributed by atoms with E-state index < -0.39 is 17.8 Å². The number of amides is 4. The van der Waals surface area contributed by atoms with Crippen molar-refractivity contribution >= 4 is 17.8 Å². The lowest BCUT2D eigenvalue weighted by Gasteiger charge is -2.37. The minimum Gasteiger partial charge on any atom is -0.306 e. The molecule has 2 rings (SSSR count). The summed E-state index contributed by atoms with van der Waals surface area (Å²) >= 11 is 0. The van der Waals surface area contributed by atoms with E-state index in [2.05, 4.69) is 4.90 Å². The number of hydrogen-bond donors (Lipinski definition) is 1. The van der Waals surface area contributed by atoms with Crippen LogP contribution in [0.1, 0.15) is 13.3 Å². The van der Waals surface area contributed by atoms with Crippen LogP contribution in [0.3, 0.4) is 0 Å². The number of carbonyl (C=O) groups excluding carboxylic acids is 3. The van der Waals surface area contributed by atoms with E-state index in [9.17, 15) is 14.4 Å². The Morgan fingerprint density at radius 2 is 2.00 bits per heavy atom. The summed E-state index contributed by atoms with van der Waals surface area (Å²) in [6.45, 7) is 3.65. The number of nitrogens with one attached hydrogen (secondary N) is 1. The zero-order chi connectivity index (χ0) is 11.9. The third-order valence-corrected chi connectivity index (χ3v) is 3.25. The summed E-state index contributed by atoms with van der Waals surface area (Å²) < 4.78 is 0. The van der Waals surface area contributed by atoms with Gasteiger partial charge in [0.05, 0.1) is 0 Å². The molecule has 2 fully saturated rings. The van der Waals surface area contributed by atoms with Crippen molar-refractivity contribution in [2.24, 2.45) is 5.92 Å². The second kappa shape index (κ2) is 3.86. The number of rotatable bonds is 1. The molecule has 0 spiro atoms. The van der Waals surface area contributed by atoms with Gasteiger partial charge in [0.15, 0.2) is 0 Å². The van der Waals surface area contributed by atoms with Crippen molar-refractivity contribution in [3.63, 3.8) is 0 Å². The molecule has 6 nitrogen and oxygen atoms in total. The molecule has 0 saturated carbocycles. The molecule has 16 heavy (non-hydrogen) atoms. The average molecular weight is 225 g/mol. The SMILES string of the molecule is CC1CN(C)CCC1N1C(=O)NC(=O)C1=O. The van der Waals surface area contributed by atoms with Crippen molar-refractivity contribution in [1.29, 1.82) is 0 Å². The summed E-state index contributed by atoms with van der Waals surface area (Å²) in [5.41, 5.74) is 0. The van der Waals surface area contributed by atoms with Gasteiger partial charge in [0.1, 0.15) is 0 Å². The molecule has 2 heterocycles. The standard InChI is InChI=1S/C10H15N3O3/c1-6-5-12(2)4-3-7(6)13-9(15)8(14)11-10(13)16/h6-7H,3-5H2,1-2H3,(H,11,14,16). The van der Waals surface area contributed by atoms with Gasteiger partial charge in [0.2, 0.25) is 0 Å². The fourth-order valence-corrected chi connectivity index (χ4v) is 2.44. The fraction of sp³-hybridized carbons (Fsp3) is 0.700. The molecule has 0 aromatic heterocycles. The van der Waals surface area contributed by atoms with E-state index in [1.807, 2.05) is 19.3 Å². The monoisotopic (exact) mass is 225 g/mol. The van der Waals surface area contributed by atoms with Crippen LogP contribution in [0.5, 0.6) is 0 Å². The van der Waals surface area contributed by atoms with E-state index in [1.165, 1.54) is 0 Å². The number of urea groups is 1. The summed E-state index contributed by atoms with van der Waals surface area (Å²) in [4.78, 5) is 37.3. The molecule has 0 bridgehead atoms. The van der Waals surface area contributed by atoms with Crippen molar-refractivity contribution in [2.75, 3.05) is 20.1 Å². The van der Waals surface area contributed by atoms with E-state index in [0.717, 1.165) is 24.4 Å². The van der Waals surface area contributed by atoms with Crippen LogP contribution in [-0.4, -0.2) is 53.8 Å². The van der Waals surface area contributed by atoms with Gasteiger partial charge < -0.3 is 4.90 Å². The van der Waals surface area contributed by atoms with Gasteiger partial charge in [-0.3, -0.25) is 19.8 Å². The van der Waals surface area contributed by atoms with Gasteiger partial charge >= 0.3 is 17.8 Å². The van der Waals surface area contributed by atoms with Crippen molar-refractivity contribution in [2.45, 2.75) is 19.4 Å². The zero-order valence-electron chi connectivity index (χ0n) is 9.40. The van der Waals surface area contributed by atoms with E-state index >= 15 is 0 Å². The number of imide groups is 2. The molecule has 6 heteroatoms. The van der Waals surface area contributed by atoms with Gasteiger partial charge in [-0.1, -0.05) is 6.92 Å². The number of likely N-dealkylation sites (tertiary alicyclic amines) is 1. The van der Waals surface area contributed by atoms with E-state index in [4.69, 9.17) is 0 Å². The minimum atomic E-state index is -0.809. The van der Waals surface area contributed by atoms with Gasteiger partial charge in [0, 0.05) is 12.6 Å². The van der Waals surface area contributed by atoms with Crippen LogP contribution in [0.2, 0.25) is 0 Å². The molecule has 2 unspecified atom stereocenters. The van der Waals surface area contributed by atoms with E-state index in [-0.39, 0.29) is 12.0 Å². The normalized spacial score (nSPS) is 32.1. The van der Waals surface area contributed by atoms with Crippen molar-refractivity contribution < 1.29 is 14.4 Å². The first-order valence-electron chi connectivity index (χ1n) is 5.37. The molecular weight excluding hydrogens is 210 g/mol. The third kappa shape index (κ3) is 1.69. The maximum absolute atomic E-state index is 11.5. The maximum Gasteiger partial charge on any atom is 0.331 e. The number of carbonyl (C=O) groups is 3. The Balaban J connectivity index is 2.15. The van der Waals surface area contributed by atoms with Gasteiger partial charge in [-0.05, 0) is 25.9 Å². The molecular formula is C10H15N3O3. The van der Waals surface area contributed by atoms with Crippen LogP contribution in [0.15, 0.2) is 0 Å². The highest BCUT2D eigenvalue weighted by Gasteiger charge is 2.44. The average Bonchev–Trinajstić information content (AvgIpc) is 2.43. The number of hydrogen-bond acceptors (Lipinski definition) is 4. The quantitative estimate of drug-likeness (QED) is 0.478. The third-order valence-electron chi connectivity index (χ3n) is 3.25. The summed E-state index contributed by atoms with van der Waals surface area (Å²) in [6, 6.07) is -0.730. The van der Waals surface area contributed by atoms with Gasteiger partial charge in [-0.2, -0.15) is 0 Å². The lowest BCUT2D eigenvalue weighted by Crippen LogP contribution is -2.51. The zero-order valence-corrected chi connectivity index (χ0v) is 9.40. The van der Waals surface area contributed by atoms with Crippen molar-refractivity contribution in [3.05, 3.63) is 0 Å². The van der Waals surface area contributed by atoms with Crippen LogP contribution >= 0.6 is 0 Å². The van der Waals surface area contributed by atoms with Gasteiger partial charge in [0.25, 0.3) is 0 Å². The predicted octanol–water partition coefficient (Wildman–Crippen LogP) is -0.595. The predicted molar refractivity (Wildman–Crippen MR) is 55.5 cm³/mol. The highest BCUT2D eigenvalue weighted by atomic mass is 16.2. The van der Waals surface area contributed by atoms with Crippen LogP contribution in [0.4, 0.5) is 4.79 Å². The molecule has 0 aromatic rings. The Kier molecular flexibility index (Phi) is 2.67. The molecule has 2 atom stereocenters. The summed E-state index contributed by atoms with van der Waals surface area (Å²) in [5.74, 6) is -1.33. The van der Waals surface area contributed by atoms with Gasteiger partial charge in [-0.25, -0.2) is 4.79 Å². The topological polar surface area (TPSA) is 69.7 Å². The lowest BCUT2D eigenvalue weighted by atomic mass is 9.93. The maximum atomic E-state index is 11.5. The smallest absolute Gasteiger partial charge is 0.306 e. The summed E-state index contributed by atoms with van der Waals surface area (Å²) in [6.07, 6.45) is 0.726. The minimum absolute atomic E-state index is 0.157. The highest BCUT2D eigenvalue weighted by Crippen LogP contribution is 2.23. The first-order valence-corrected chi connectivity index (χ1v) is 5.37. The Labute approximate surface area is 93.6 Å². The van der Waals surface area contributed by atoms with Gasteiger partial charge in [-0.15, -0.1) is 0 Å². The first-order chi connectivity index (χ1) is 7.50. The molecule has 88 valence electrons. The summed E-state index contributed by atoms with van der Waals surface area (Å²) in [5, 5.41) is 2.03. The summed E-state index contributed by atoms with van der Waals surface area (Å²) in [7, 11) is 2.00. The van der Waals surface area contributed by atoms with Crippen LogP contribution in [-0.2, 0) is 9.59 Å². The lowest BCUT2D eigenvalue weighted by molar-refractivity contribution is -0.142. The molecule has 2 saturated heterocycles. The van der Waals surface area contributed by atoms with E-state index in [0.29, 0.717) is 0 Å². The number of nitrogens with zero attached hydrogens (tertiary/aromatic N) is 2. The van der Waals surface area contributed by atoms with Crippen molar-refractivity contribution in [3.8, 4) is 0 Å². The molecule has 2 aliphatic rings. The van der Waals surface area contributed by atoms with Crippen LogP contribution in [0.25, 0.3) is 0 Å². The molecule has 0 aromatic carbocycles. The molecule has 1 N–H and O–H groups in total. The first kappa shape index (κ1) is 11.1. The highest BCUT2D eigenvalue weighted by molar-refractivity contribution is 6.44. The fourth-order valence-electron chi connectivity index (χ4n) is 2.44. The molecule has 0 radical (unpaired) electrons. The Morgan fingerprint density at radius 3 is 2.50 bits per heavy atom. The van der Waals surface area contributed by atoms with E-state index in [1.54, 1.807) is 0 Å². The second-order valence-corrected chi connectivity index (χ2v) is 4.53. The van der Waals surface area contributed by atoms with Crippen LogP contribution in [0, 0.1) is 5.92 Å². The second-order valence-electron chi connectivity index (χ2n) is 4.53. The number of piperidine rings is 1. The van der Waals surface area contributed by atoms with Crippen LogP contribution < -0.4 is 5.32 Å².